The second kappa shape index (κ2) is 7.35. The quantitative estimate of drug-likeness (QED) is 0.670. The van der Waals surface area contributed by atoms with Crippen LogP contribution in [-0.2, 0) is 14.3 Å². The minimum absolute atomic E-state index is 0.00869. The summed E-state index contributed by atoms with van der Waals surface area (Å²) in [5.41, 5.74) is -2.05. The summed E-state index contributed by atoms with van der Waals surface area (Å²) in [4.78, 5) is 42.5. The second-order valence-electron chi connectivity index (χ2n) is 10.9. The maximum atomic E-state index is 13.6. The van der Waals surface area contributed by atoms with Crippen LogP contribution in [0, 0.1) is 22.7 Å². The summed E-state index contributed by atoms with van der Waals surface area (Å²) in [7, 11) is 0. The van der Waals surface area contributed by atoms with Crippen LogP contribution in [0.2, 0.25) is 0 Å². The highest BCUT2D eigenvalue weighted by Gasteiger charge is 2.76. The lowest BCUT2D eigenvalue weighted by Gasteiger charge is -2.43. The van der Waals surface area contributed by atoms with Crippen molar-refractivity contribution in [2.24, 2.45) is 22.7 Å². The van der Waals surface area contributed by atoms with Gasteiger partial charge in [0, 0.05) is 31.6 Å². The summed E-state index contributed by atoms with van der Waals surface area (Å²) < 4.78 is 11.1. The number of rotatable bonds is 3. The first-order valence-corrected chi connectivity index (χ1v) is 12.1. The number of esters is 1. The Labute approximate surface area is 189 Å². The van der Waals surface area contributed by atoms with Gasteiger partial charge in [-0.2, -0.15) is 0 Å². The number of nitrogens with zero attached hydrogens (tertiary/aromatic N) is 2. The van der Waals surface area contributed by atoms with E-state index in [0.29, 0.717) is 24.0 Å². The molecule has 2 unspecified atom stereocenters. The Hall–Kier alpha value is -2.31. The summed E-state index contributed by atoms with van der Waals surface area (Å²) in [5, 5.41) is 0. The maximum absolute atomic E-state index is 13.6. The summed E-state index contributed by atoms with van der Waals surface area (Å²) in [5.74, 6) is 1.34. The van der Waals surface area contributed by atoms with E-state index < -0.39 is 16.4 Å². The average Bonchev–Trinajstić information content (AvgIpc) is 3.44. The van der Waals surface area contributed by atoms with Crippen LogP contribution in [0.5, 0.6) is 0 Å². The Bertz CT molecular complexity index is 909. The summed E-state index contributed by atoms with van der Waals surface area (Å²) >= 11 is 0. The normalized spacial score (nSPS) is 32.9. The van der Waals surface area contributed by atoms with E-state index in [1.165, 1.54) is 6.26 Å². The van der Waals surface area contributed by atoms with E-state index in [0.717, 1.165) is 58.3 Å². The van der Waals surface area contributed by atoms with Gasteiger partial charge in [-0.25, -0.2) is 0 Å². The van der Waals surface area contributed by atoms with Gasteiger partial charge in [-0.3, -0.25) is 14.4 Å². The second-order valence-corrected chi connectivity index (χ2v) is 10.9. The first kappa shape index (κ1) is 21.5. The fourth-order valence-electron chi connectivity index (χ4n) is 6.68. The lowest BCUT2D eigenvalue weighted by Crippen LogP contribution is -2.56. The standard InChI is InChI=1S/C25H34N2O5/c1-23(2)24(3)10-11-25(23,32-22(24)30)21(29)27-14-8-18(9-15-27)17-6-12-26(13-7-17)20(28)19-5-4-16-31-19/h4-5,16-18H,6-15H2,1-3H3. The van der Waals surface area contributed by atoms with Gasteiger partial charge < -0.3 is 19.0 Å². The highest BCUT2D eigenvalue weighted by Crippen LogP contribution is 2.66. The Kier molecular flexibility index (Phi) is 4.95. The van der Waals surface area contributed by atoms with Crippen molar-refractivity contribution in [3.63, 3.8) is 0 Å². The summed E-state index contributed by atoms with van der Waals surface area (Å²) in [6, 6.07) is 3.46. The molecule has 1 aromatic heterocycles. The number of amides is 2. The number of hydrogen-bond acceptors (Lipinski definition) is 5. The van der Waals surface area contributed by atoms with Crippen LogP contribution in [0.3, 0.4) is 0 Å². The highest BCUT2D eigenvalue weighted by molar-refractivity contribution is 5.96. The van der Waals surface area contributed by atoms with Crippen LogP contribution in [0.1, 0.15) is 69.9 Å². The molecule has 2 amide bonds. The lowest BCUT2D eigenvalue weighted by molar-refractivity contribution is -0.175. The molecule has 0 spiro atoms. The molecular formula is C25H34N2O5. The molecule has 32 heavy (non-hydrogen) atoms. The highest BCUT2D eigenvalue weighted by atomic mass is 16.6. The Balaban J connectivity index is 1.17. The Morgan fingerprint density at radius 3 is 2.00 bits per heavy atom. The topological polar surface area (TPSA) is 80.1 Å². The van der Waals surface area contributed by atoms with Crippen molar-refractivity contribution < 1.29 is 23.5 Å². The van der Waals surface area contributed by atoms with Gasteiger partial charge in [0.25, 0.3) is 11.8 Å². The molecule has 3 aliphatic heterocycles. The number of carbonyl (C=O) groups excluding carboxylic acids is 3. The summed E-state index contributed by atoms with van der Waals surface area (Å²) in [6.45, 7) is 8.96. The van der Waals surface area contributed by atoms with E-state index in [2.05, 4.69) is 0 Å². The molecule has 3 saturated heterocycles. The average molecular weight is 443 g/mol. The minimum atomic E-state index is -0.997. The SMILES string of the molecule is CC12CCC(C(=O)N3CCC(C4CCN(C(=O)c5ccco5)CC4)CC3)(OC1=O)C2(C)C. The zero-order valence-corrected chi connectivity index (χ0v) is 19.4. The number of fused-ring (bicyclic) bond motifs is 2. The van der Waals surface area contributed by atoms with Gasteiger partial charge >= 0.3 is 5.97 Å². The minimum Gasteiger partial charge on any atom is -0.459 e. The fraction of sp³-hybridized carbons (Fsp3) is 0.720. The van der Waals surface area contributed by atoms with Crippen LogP contribution in [0.15, 0.2) is 22.8 Å². The number of hydrogen-bond donors (Lipinski definition) is 0. The van der Waals surface area contributed by atoms with Crippen LogP contribution >= 0.6 is 0 Å². The lowest BCUT2D eigenvalue weighted by atomic mass is 9.66. The molecule has 1 aromatic rings. The molecule has 4 heterocycles. The van der Waals surface area contributed by atoms with Crippen LogP contribution in [-0.4, -0.2) is 59.4 Å². The van der Waals surface area contributed by atoms with Crippen molar-refractivity contribution >= 4 is 17.8 Å². The van der Waals surface area contributed by atoms with E-state index in [9.17, 15) is 14.4 Å². The molecular weight excluding hydrogens is 408 g/mol. The molecule has 1 saturated carbocycles. The molecule has 2 atom stereocenters. The summed E-state index contributed by atoms with van der Waals surface area (Å²) in [6.07, 6.45) is 6.83. The first-order chi connectivity index (χ1) is 15.2. The molecule has 7 heteroatoms. The van der Waals surface area contributed by atoms with Crippen LogP contribution in [0.4, 0.5) is 0 Å². The fourth-order valence-corrected chi connectivity index (χ4v) is 6.68. The third-order valence-electron chi connectivity index (χ3n) is 9.48. The van der Waals surface area contributed by atoms with E-state index >= 15 is 0 Å². The van der Waals surface area contributed by atoms with Crippen molar-refractivity contribution in [3.05, 3.63) is 24.2 Å². The smallest absolute Gasteiger partial charge is 0.313 e. The molecule has 5 rings (SSSR count). The zero-order valence-electron chi connectivity index (χ0n) is 19.4. The van der Waals surface area contributed by atoms with Gasteiger partial charge in [-0.05, 0) is 69.4 Å². The molecule has 0 aromatic carbocycles. The van der Waals surface area contributed by atoms with Gasteiger partial charge in [0.05, 0.1) is 11.7 Å². The monoisotopic (exact) mass is 442 g/mol. The van der Waals surface area contributed by atoms with Gasteiger partial charge in [-0.15, -0.1) is 0 Å². The van der Waals surface area contributed by atoms with E-state index in [1.807, 2.05) is 30.6 Å². The van der Waals surface area contributed by atoms with E-state index in [4.69, 9.17) is 9.15 Å². The third kappa shape index (κ3) is 2.88. The molecule has 2 bridgehead atoms. The molecule has 4 fully saturated rings. The molecule has 0 N–H and O–H groups in total. The van der Waals surface area contributed by atoms with Crippen molar-refractivity contribution in [1.29, 1.82) is 0 Å². The molecule has 7 nitrogen and oxygen atoms in total. The Morgan fingerprint density at radius 2 is 1.53 bits per heavy atom. The van der Waals surface area contributed by atoms with Gasteiger partial charge in [-0.1, -0.05) is 13.8 Å². The van der Waals surface area contributed by atoms with E-state index in [1.54, 1.807) is 12.1 Å². The zero-order chi connectivity index (χ0) is 22.7. The van der Waals surface area contributed by atoms with Crippen molar-refractivity contribution in [2.45, 2.75) is 64.9 Å². The van der Waals surface area contributed by atoms with Crippen molar-refractivity contribution in [3.8, 4) is 0 Å². The molecule has 174 valence electrons. The molecule has 4 aliphatic rings. The predicted octanol–water partition coefficient (Wildman–Crippen LogP) is 3.49. The maximum Gasteiger partial charge on any atom is 0.313 e. The molecule has 0 radical (unpaired) electrons. The van der Waals surface area contributed by atoms with Gasteiger partial charge in [0.15, 0.2) is 11.4 Å². The predicted molar refractivity (Wildman–Crippen MR) is 117 cm³/mol. The Morgan fingerprint density at radius 1 is 0.938 bits per heavy atom. The number of furan rings is 1. The number of ether oxygens (including phenoxy) is 1. The number of carbonyl (C=O) groups is 3. The largest absolute Gasteiger partial charge is 0.459 e. The van der Waals surface area contributed by atoms with Gasteiger partial charge in [0.1, 0.15) is 0 Å². The van der Waals surface area contributed by atoms with Gasteiger partial charge in [0.2, 0.25) is 0 Å². The van der Waals surface area contributed by atoms with Crippen LogP contribution in [0.25, 0.3) is 0 Å². The van der Waals surface area contributed by atoms with Crippen molar-refractivity contribution in [1.82, 2.24) is 9.80 Å². The molecule has 1 aliphatic carbocycles. The van der Waals surface area contributed by atoms with Crippen LogP contribution < -0.4 is 0 Å². The first-order valence-electron chi connectivity index (χ1n) is 12.1. The third-order valence-corrected chi connectivity index (χ3v) is 9.48. The van der Waals surface area contributed by atoms with E-state index in [-0.39, 0.29) is 17.8 Å². The van der Waals surface area contributed by atoms with Crippen molar-refractivity contribution in [2.75, 3.05) is 26.2 Å². The number of piperidine rings is 2. The number of likely N-dealkylation sites (tertiary alicyclic amines) is 2.